The Morgan fingerprint density at radius 2 is 1.84 bits per heavy atom. The highest BCUT2D eigenvalue weighted by Gasteiger charge is 2.40. The van der Waals surface area contributed by atoms with Crippen LogP contribution in [0.25, 0.3) is 22.2 Å². The minimum Gasteiger partial charge on any atom is -0.480 e. The van der Waals surface area contributed by atoms with Crippen LogP contribution in [-0.4, -0.2) is 90.3 Å². The summed E-state index contributed by atoms with van der Waals surface area (Å²) in [6.07, 6.45) is -5.15. The number of likely N-dealkylation sites (tertiary alicyclic amines) is 1. The Bertz CT molecular complexity index is 2350. The summed E-state index contributed by atoms with van der Waals surface area (Å²) >= 11 is 7.03. The van der Waals surface area contributed by atoms with Crippen LogP contribution in [0, 0.1) is 0 Å². The number of fused-ring (bicyclic) bond motifs is 2. The van der Waals surface area contributed by atoms with Crippen LogP contribution < -0.4 is 15.4 Å². The Labute approximate surface area is 334 Å². The number of aromatic nitrogens is 5. The van der Waals surface area contributed by atoms with E-state index in [4.69, 9.17) is 16.3 Å². The Hall–Kier alpha value is -5.30. The fourth-order valence-corrected chi connectivity index (χ4v) is 7.61. The van der Waals surface area contributed by atoms with E-state index < -0.39 is 54.1 Å². The summed E-state index contributed by atoms with van der Waals surface area (Å²) in [5.41, 5.74) is 2.96. The molecule has 0 radical (unpaired) electrons. The van der Waals surface area contributed by atoms with Crippen molar-refractivity contribution in [1.29, 1.82) is 0 Å². The number of likely N-dealkylation sites (N-methyl/N-ethyl adjacent to an activating group) is 1. The molecule has 0 unspecified atom stereocenters. The van der Waals surface area contributed by atoms with Crippen LogP contribution in [-0.2, 0) is 30.5 Å². The fraction of sp³-hybridized carbons (Fsp3) is 0.385. The summed E-state index contributed by atoms with van der Waals surface area (Å²) in [5.74, 6) is -2.54. The van der Waals surface area contributed by atoms with Gasteiger partial charge in [-0.3, -0.25) is 19.6 Å². The number of anilines is 3. The highest BCUT2D eigenvalue weighted by molar-refractivity contribution is 6.36. The first-order valence-electron chi connectivity index (χ1n) is 18.4. The van der Waals surface area contributed by atoms with Crippen molar-refractivity contribution < 1.29 is 41.7 Å². The number of aliphatic hydroxyl groups is 1. The van der Waals surface area contributed by atoms with Gasteiger partial charge >= 0.3 is 12.1 Å². The zero-order valence-corrected chi connectivity index (χ0v) is 32.2. The van der Waals surface area contributed by atoms with E-state index in [1.807, 2.05) is 11.0 Å². The van der Waals surface area contributed by atoms with E-state index >= 15 is 0 Å². The predicted octanol–water partition coefficient (Wildman–Crippen LogP) is 7.41. The van der Waals surface area contributed by atoms with Crippen LogP contribution in [0.1, 0.15) is 66.1 Å². The third kappa shape index (κ3) is 8.46. The molecule has 0 saturated carbocycles. The van der Waals surface area contributed by atoms with Gasteiger partial charge in [-0.1, -0.05) is 41.9 Å². The van der Waals surface area contributed by atoms with Gasteiger partial charge in [0, 0.05) is 37.9 Å². The van der Waals surface area contributed by atoms with Crippen LogP contribution in [0.5, 0.6) is 5.88 Å². The second-order valence-electron chi connectivity index (χ2n) is 14.3. The molecule has 19 heteroatoms. The largest absolute Gasteiger partial charge is 0.480 e. The summed E-state index contributed by atoms with van der Waals surface area (Å²) < 4.78 is 76.8. The number of nitrogens with zero attached hydrogens (tertiary/aromatic N) is 7. The number of benzene rings is 2. The van der Waals surface area contributed by atoms with E-state index in [0.29, 0.717) is 55.7 Å². The molecule has 2 aromatic carbocycles. The van der Waals surface area contributed by atoms with E-state index in [9.17, 15) is 37.0 Å². The number of aliphatic hydroxyl groups excluding tert-OH is 1. The van der Waals surface area contributed by atoms with E-state index in [1.54, 1.807) is 42.6 Å². The molecular weight excluding hydrogens is 789 g/mol. The number of aliphatic carboxylic acids is 1. The maximum Gasteiger partial charge on any atom is 0.437 e. The lowest BCUT2D eigenvalue weighted by molar-refractivity contribution is -0.143. The van der Waals surface area contributed by atoms with Gasteiger partial charge in [-0.15, -0.1) is 0 Å². The minimum atomic E-state index is -4.90. The van der Waals surface area contributed by atoms with E-state index in [1.165, 1.54) is 26.0 Å². The van der Waals surface area contributed by atoms with Crippen molar-refractivity contribution >= 4 is 45.9 Å². The van der Waals surface area contributed by atoms with E-state index in [0.717, 1.165) is 16.7 Å². The number of nitrogens with one attached hydrogen (secondary N) is 2. The number of hydrogen-bond acceptors (Lipinski definition) is 12. The molecule has 4 N–H and O–H groups in total. The van der Waals surface area contributed by atoms with Crippen LogP contribution in [0.15, 0.2) is 48.7 Å². The van der Waals surface area contributed by atoms with Crippen LogP contribution in [0.3, 0.4) is 0 Å². The van der Waals surface area contributed by atoms with Crippen LogP contribution in [0.2, 0.25) is 5.02 Å². The zero-order valence-electron chi connectivity index (χ0n) is 31.5. The lowest BCUT2D eigenvalue weighted by atomic mass is 9.96. The molecule has 1 aliphatic carbocycles. The number of alkyl halides is 5. The molecule has 1 fully saturated rings. The highest BCUT2D eigenvalue weighted by Crippen LogP contribution is 2.45. The van der Waals surface area contributed by atoms with Gasteiger partial charge in [0.2, 0.25) is 5.88 Å². The number of carbonyl (C=O) groups is 1. The lowest BCUT2D eigenvalue weighted by Crippen LogP contribution is -2.36. The molecule has 1 saturated heterocycles. The normalized spacial score (nSPS) is 17.6. The molecule has 0 spiro atoms. The number of halogens is 6. The number of hydrogen-bond donors (Lipinski definition) is 4. The molecule has 0 bridgehead atoms. The second kappa shape index (κ2) is 16.5. The Balaban J connectivity index is 1.18. The number of β-amino-alcohol motifs (C(OH)–C–C–N with tert-alkyl or cyclic N) is 1. The quantitative estimate of drug-likeness (QED) is 0.0870. The fourth-order valence-electron chi connectivity index (χ4n) is 7.33. The predicted molar refractivity (Wildman–Crippen MR) is 205 cm³/mol. The molecular formula is C39H39ClF5N9O4. The Kier molecular flexibility index (Phi) is 11.6. The van der Waals surface area contributed by atoms with Crippen molar-refractivity contribution in [2.75, 3.05) is 37.9 Å². The summed E-state index contributed by atoms with van der Waals surface area (Å²) in [7, 11) is 2.69. The third-order valence-electron chi connectivity index (χ3n) is 10.4. The lowest BCUT2D eigenvalue weighted by Gasteiger charge is -2.23. The maximum absolute atomic E-state index is 14.5. The van der Waals surface area contributed by atoms with Crippen molar-refractivity contribution in [1.82, 2.24) is 34.7 Å². The summed E-state index contributed by atoms with van der Waals surface area (Å²) in [6, 6.07) is 10.7. The third-order valence-corrected chi connectivity index (χ3v) is 10.8. The number of methoxy groups -OCH3 is 1. The first-order valence-corrected chi connectivity index (χ1v) is 18.7. The smallest absolute Gasteiger partial charge is 0.437 e. The SMILES string of the molecule is COc1nc(N[C@H]2CCc3c(-c4cccc(Nc5nc(C(F)F)nc6cc(CN7CC[C@@H](O)C7)cnc56)c4Cl)cccc32)c(C(F)(F)F)nc1CN(C)[C@@H](C)C(=O)O. The van der Waals surface area contributed by atoms with Crippen LogP contribution >= 0.6 is 11.6 Å². The Morgan fingerprint density at radius 1 is 1.09 bits per heavy atom. The minimum absolute atomic E-state index is 0.0242. The van der Waals surface area contributed by atoms with Gasteiger partial charge in [-0.05, 0) is 67.6 Å². The summed E-state index contributed by atoms with van der Waals surface area (Å²) in [6.45, 7) is 2.80. The molecule has 2 aliphatic rings. The maximum atomic E-state index is 14.5. The number of carboxylic acids is 1. The molecule has 3 atom stereocenters. The zero-order chi connectivity index (χ0) is 41.5. The van der Waals surface area contributed by atoms with Gasteiger partial charge in [-0.2, -0.15) is 18.2 Å². The van der Waals surface area contributed by atoms with Crippen LogP contribution in [0.4, 0.5) is 39.3 Å². The standard InChI is InChI=1S/C39H39ClF5N9O4/c1-19(38(56)57)53(2)18-29-37(58-3)52-35(32(47-29)39(43,44)45)48-26-11-10-23-22(6-4-7-24(23)26)25-8-5-9-27(30(25)40)49-34-31-28(50-36(51-34)33(41)42)14-20(15-46-31)16-54-13-12-21(55)17-54/h4-9,14-15,19,21,26,33,55H,10-13,16-18H2,1-3H3,(H,48,52)(H,56,57)(H,49,50,51)/t19-,21+,26-/m0/s1. The van der Waals surface area contributed by atoms with Crippen molar-refractivity contribution in [3.8, 4) is 17.0 Å². The molecule has 4 heterocycles. The molecule has 13 nitrogen and oxygen atoms in total. The van der Waals surface area contributed by atoms with Crippen molar-refractivity contribution in [3.63, 3.8) is 0 Å². The van der Waals surface area contributed by atoms with Gasteiger partial charge in [-0.25, -0.2) is 23.7 Å². The monoisotopic (exact) mass is 827 g/mol. The number of rotatable bonds is 13. The molecule has 58 heavy (non-hydrogen) atoms. The molecule has 1 aliphatic heterocycles. The van der Waals surface area contributed by atoms with Gasteiger partial charge < -0.3 is 25.6 Å². The van der Waals surface area contributed by atoms with Gasteiger partial charge in [0.25, 0.3) is 6.43 Å². The van der Waals surface area contributed by atoms with Crippen molar-refractivity contribution in [2.45, 2.75) is 70.1 Å². The molecule has 5 aromatic rings. The first kappa shape index (κ1) is 40.9. The van der Waals surface area contributed by atoms with Gasteiger partial charge in [0.1, 0.15) is 17.3 Å². The molecule has 7 rings (SSSR count). The average Bonchev–Trinajstić information content (AvgIpc) is 3.79. The highest BCUT2D eigenvalue weighted by atomic mass is 35.5. The van der Waals surface area contributed by atoms with Gasteiger partial charge in [0.15, 0.2) is 23.2 Å². The van der Waals surface area contributed by atoms with Gasteiger partial charge in [0.05, 0.1) is 35.5 Å². The first-order chi connectivity index (χ1) is 27.6. The Morgan fingerprint density at radius 3 is 2.53 bits per heavy atom. The molecule has 0 amide bonds. The van der Waals surface area contributed by atoms with E-state index in [-0.39, 0.29) is 40.0 Å². The number of ether oxygens (including phenoxy) is 1. The number of pyridine rings is 1. The van der Waals surface area contributed by atoms with E-state index in [2.05, 4.69) is 35.6 Å². The number of carboxylic acid groups (broad SMARTS) is 1. The van der Waals surface area contributed by atoms with Crippen molar-refractivity contribution in [2.24, 2.45) is 0 Å². The molecule has 3 aromatic heterocycles. The average molecular weight is 828 g/mol. The van der Waals surface area contributed by atoms with Crippen molar-refractivity contribution in [3.05, 3.63) is 87.6 Å². The summed E-state index contributed by atoms with van der Waals surface area (Å²) in [5, 5.41) is 25.6. The second-order valence-corrected chi connectivity index (χ2v) is 14.7. The molecule has 306 valence electrons. The topological polar surface area (TPSA) is 162 Å². The summed E-state index contributed by atoms with van der Waals surface area (Å²) in [4.78, 5) is 35.6.